The van der Waals surface area contributed by atoms with Crippen LogP contribution in [0.15, 0.2) is 48.5 Å². The van der Waals surface area contributed by atoms with Crippen molar-refractivity contribution in [3.8, 4) is 0 Å². The van der Waals surface area contributed by atoms with Crippen molar-refractivity contribution in [2.75, 3.05) is 0 Å². The van der Waals surface area contributed by atoms with E-state index in [1.165, 1.54) is 6.92 Å². The molecule has 2 aromatic rings. The van der Waals surface area contributed by atoms with Crippen LogP contribution in [0.3, 0.4) is 0 Å². The van der Waals surface area contributed by atoms with Crippen molar-refractivity contribution in [1.82, 2.24) is 5.32 Å². The standard InChI is InChI=1S/C19H23NO3S/c1-14-7-6-9-17(11-14)13-24(22,23)16(3)19(21)20-12-18-10-5-4-8-15(18)2/h4-11,16H,12-13H2,1-3H3,(H,20,21). The van der Waals surface area contributed by atoms with Crippen LogP contribution in [0.1, 0.15) is 29.2 Å². The zero-order chi connectivity index (χ0) is 17.7. The highest BCUT2D eigenvalue weighted by Gasteiger charge is 2.28. The number of benzene rings is 2. The number of hydrogen-bond acceptors (Lipinski definition) is 3. The van der Waals surface area contributed by atoms with Gasteiger partial charge in [0.25, 0.3) is 0 Å². The molecule has 1 atom stereocenters. The minimum Gasteiger partial charge on any atom is -0.351 e. The second-order valence-electron chi connectivity index (χ2n) is 6.08. The van der Waals surface area contributed by atoms with Crippen LogP contribution < -0.4 is 5.32 Å². The van der Waals surface area contributed by atoms with E-state index in [9.17, 15) is 13.2 Å². The Morgan fingerprint density at radius 3 is 2.46 bits per heavy atom. The largest absolute Gasteiger partial charge is 0.351 e. The third-order valence-corrected chi connectivity index (χ3v) is 6.10. The highest BCUT2D eigenvalue weighted by molar-refractivity contribution is 7.92. The smallest absolute Gasteiger partial charge is 0.238 e. The molecule has 1 amide bonds. The molecule has 0 aliphatic rings. The summed E-state index contributed by atoms with van der Waals surface area (Å²) in [5.74, 6) is -0.598. The van der Waals surface area contributed by atoms with E-state index in [0.717, 1.165) is 16.7 Å². The highest BCUT2D eigenvalue weighted by atomic mass is 32.2. The minimum absolute atomic E-state index is 0.131. The Bertz CT molecular complexity index is 828. The Hall–Kier alpha value is -2.14. The molecule has 1 unspecified atom stereocenters. The molecule has 0 saturated heterocycles. The molecule has 0 aliphatic heterocycles. The van der Waals surface area contributed by atoms with Gasteiger partial charge in [-0.05, 0) is 37.5 Å². The maximum absolute atomic E-state index is 12.5. The van der Waals surface area contributed by atoms with Crippen LogP contribution >= 0.6 is 0 Å². The van der Waals surface area contributed by atoms with Crippen molar-refractivity contribution in [2.45, 2.75) is 38.3 Å². The number of sulfone groups is 1. The van der Waals surface area contributed by atoms with Gasteiger partial charge in [-0.3, -0.25) is 4.79 Å². The lowest BCUT2D eigenvalue weighted by Crippen LogP contribution is -2.38. The van der Waals surface area contributed by atoms with Crippen molar-refractivity contribution < 1.29 is 13.2 Å². The van der Waals surface area contributed by atoms with E-state index in [1.54, 1.807) is 6.07 Å². The zero-order valence-corrected chi connectivity index (χ0v) is 15.1. The lowest BCUT2D eigenvalue weighted by molar-refractivity contribution is -0.120. The summed E-state index contributed by atoms with van der Waals surface area (Å²) < 4.78 is 24.9. The summed E-state index contributed by atoms with van der Waals surface area (Å²) in [4.78, 5) is 12.2. The van der Waals surface area contributed by atoms with Crippen molar-refractivity contribution in [1.29, 1.82) is 0 Å². The van der Waals surface area contributed by atoms with Gasteiger partial charge in [0.15, 0.2) is 9.84 Å². The van der Waals surface area contributed by atoms with E-state index >= 15 is 0 Å². The summed E-state index contributed by atoms with van der Waals surface area (Å²) in [5.41, 5.74) is 3.75. The van der Waals surface area contributed by atoms with Crippen LogP contribution in [-0.2, 0) is 26.9 Å². The molecule has 0 spiro atoms. The molecule has 1 N–H and O–H groups in total. The summed E-state index contributed by atoms with van der Waals surface area (Å²) in [5, 5.41) is 1.64. The quantitative estimate of drug-likeness (QED) is 0.875. The van der Waals surface area contributed by atoms with Gasteiger partial charge in [0.05, 0.1) is 5.75 Å². The Morgan fingerprint density at radius 2 is 1.79 bits per heavy atom. The highest BCUT2D eigenvalue weighted by Crippen LogP contribution is 2.13. The van der Waals surface area contributed by atoms with Gasteiger partial charge >= 0.3 is 0 Å². The topological polar surface area (TPSA) is 63.2 Å². The van der Waals surface area contributed by atoms with E-state index in [1.807, 2.05) is 56.3 Å². The molecule has 0 heterocycles. The Labute approximate surface area is 143 Å². The predicted octanol–water partition coefficient (Wildman–Crippen LogP) is 2.92. The normalized spacial score (nSPS) is 12.6. The SMILES string of the molecule is Cc1cccc(CS(=O)(=O)C(C)C(=O)NCc2ccccc2C)c1. The molecule has 24 heavy (non-hydrogen) atoms. The van der Waals surface area contributed by atoms with Crippen LogP contribution in [-0.4, -0.2) is 19.6 Å². The molecule has 0 aliphatic carbocycles. The summed E-state index contributed by atoms with van der Waals surface area (Å²) in [6.45, 7) is 5.64. The lowest BCUT2D eigenvalue weighted by atomic mass is 10.1. The first kappa shape index (κ1) is 18.2. The number of carbonyl (C=O) groups is 1. The second kappa shape index (κ2) is 7.62. The van der Waals surface area contributed by atoms with E-state index in [2.05, 4.69) is 5.32 Å². The number of hydrogen-bond donors (Lipinski definition) is 1. The first-order valence-electron chi connectivity index (χ1n) is 7.89. The first-order valence-corrected chi connectivity index (χ1v) is 9.60. The number of carbonyl (C=O) groups excluding carboxylic acids is 1. The Balaban J connectivity index is 2.02. The average Bonchev–Trinajstić information content (AvgIpc) is 2.52. The van der Waals surface area contributed by atoms with E-state index in [4.69, 9.17) is 0 Å². The molecular formula is C19H23NO3S. The monoisotopic (exact) mass is 345 g/mol. The van der Waals surface area contributed by atoms with Crippen LogP contribution in [0.25, 0.3) is 0 Å². The van der Waals surface area contributed by atoms with Gasteiger partial charge in [0, 0.05) is 6.54 Å². The number of nitrogens with one attached hydrogen (secondary N) is 1. The summed E-state index contributed by atoms with van der Waals surface area (Å²) in [6.07, 6.45) is 0. The molecule has 2 rings (SSSR count). The summed E-state index contributed by atoms with van der Waals surface area (Å²) >= 11 is 0. The Morgan fingerprint density at radius 1 is 1.08 bits per heavy atom. The van der Waals surface area contributed by atoms with Gasteiger partial charge in [-0.2, -0.15) is 0 Å². The Kier molecular flexibility index (Phi) is 5.78. The molecular weight excluding hydrogens is 322 g/mol. The van der Waals surface area contributed by atoms with Crippen LogP contribution in [0.2, 0.25) is 0 Å². The van der Waals surface area contributed by atoms with Crippen molar-refractivity contribution in [2.24, 2.45) is 0 Å². The van der Waals surface area contributed by atoms with Gasteiger partial charge in [0.1, 0.15) is 5.25 Å². The predicted molar refractivity (Wildman–Crippen MR) is 96.3 cm³/mol. The molecule has 0 radical (unpaired) electrons. The number of rotatable bonds is 6. The molecule has 2 aromatic carbocycles. The second-order valence-corrected chi connectivity index (χ2v) is 8.40. The first-order chi connectivity index (χ1) is 11.3. The molecule has 0 aromatic heterocycles. The van der Waals surface area contributed by atoms with E-state index < -0.39 is 21.0 Å². The summed E-state index contributed by atoms with van der Waals surface area (Å²) in [6, 6.07) is 15.0. The third kappa shape index (κ3) is 4.68. The van der Waals surface area contributed by atoms with Gasteiger partial charge in [-0.15, -0.1) is 0 Å². The number of amides is 1. The molecule has 5 heteroatoms. The van der Waals surface area contributed by atoms with Crippen molar-refractivity contribution >= 4 is 15.7 Å². The molecule has 0 saturated carbocycles. The maximum Gasteiger partial charge on any atom is 0.238 e. The summed E-state index contributed by atoms with van der Waals surface area (Å²) in [7, 11) is -3.56. The molecule has 4 nitrogen and oxygen atoms in total. The van der Waals surface area contributed by atoms with Crippen LogP contribution in [0, 0.1) is 13.8 Å². The third-order valence-electron chi connectivity index (χ3n) is 4.07. The van der Waals surface area contributed by atoms with Crippen molar-refractivity contribution in [3.63, 3.8) is 0 Å². The minimum atomic E-state index is -3.56. The average molecular weight is 345 g/mol. The fourth-order valence-electron chi connectivity index (χ4n) is 2.46. The van der Waals surface area contributed by atoms with E-state index in [-0.39, 0.29) is 5.75 Å². The maximum atomic E-state index is 12.5. The zero-order valence-electron chi connectivity index (χ0n) is 14.2. The fourth-order valence-corrected chi connectivity index (χ4v) is 3.76. The molecule has 0 bridgehead atoms. The van der Waals surface area contributed by atoms with Crippen molar-refractivity contribution in [3.05, 3.63) is 70.8 Å². The number of aryl methyl sites for hydroxylation is 2. The van der Waals surface area contributed by atoms with Crippen LogP contribution in [0.4, 0.5) is 0 Å². The van der Waals surface area contributed by atoms with Gasteiger partial charge in [-0.1, -0.05) is 54.1 Å². The van der Waals surface area contributed by atoms with E-state index in [0.29, 0.717) is 12.1 Å². The molecule has 128 valence electrons. The van der Waals surface area contributed by atoms with Gasteiger partial charge in [-0.25, -0.2) is 8.42 Å². The van der Waals surface area contributed by atoms with Gasteiger partial charge < -0.3 is 5.32 Å². The van der Waals surface area contributed by atoms with Crippen LogP contribution in [0.5, 0.6) is 0 Å². The fraction of sp³-hybridized carbons (Fsp3) is 0.316. The molecule has 0 fully saturated rings. The van der Waals surface area contributed by atoms with Gasteiger partial charge in [0.2, 0.25) is 5.91 Å². The lowest BCUT2D eigenvalue weighted by Gasteiger charge is -2.14.